The summed E-state index contributed by atoms with van der Waals surface area (Å²) in [5, 5.41) is 7.26. The van der Waals surface area contributed by atoms with Crippen LogP contribution in [0.2, 0.25) is 0 Å². The van der Waals surface area contributed by atoms with E-state index in [1.165, 1.54) is 11.1 Å². The summed E-state index contributed by atoms with van der Waals surface area (Å²) in [6.45, 7) is 4.19. The third-order valence-electron chi connectivity index (χ3n) is 4.98. The minimum atomic E-state index is 0.769. The lowest BCUT2D eigenvalue weighted by atomic mass is 10.1. The van der Waals surface area contributed by atoms with Gasteiger partial charge >= 0.3 is 0 Å². The second-order valence-corrected chi connectivity index (χ2v) is 8.04. The van der Waals surface area contributed by atoms with Gasteiger partial charge in [-0.15, -0.1) is 0 Å². The van der Waals surface area contributed by atoms with Gasteiger partial charge in [-0.25, -0.2) is 4.98 Å². The van der Waals surface area contributed by atoms with Crippen molar-refractivity contribution in [2.45, 2.75) is 13.8 Å². The zero-order valence-electron chi connectivity index (χ0n) is 16.1. The highest BCUT2D eigenvalue weighted by molar-refractivity contribution is 7.22. The number of benzene rings is 3. The third-order valence-corrected chi connectivity index (χ3v) is 5.92. The second-order valence-electron chi connectivity index (χ2n) is 7.00. The highest BCUT2D eigenvalue weighted by atomic mass is 32.1. The molecule has 4 nitrogen and oxygen atoms in total. The molecule has 0 fully saturated rings. The summed E-state index contributed by atoms with van der Waals surface area (Å²) in [5.74, 6) is 0.784. The summed E-state index contributed by atoms with van der Waals surface area (Å²) >= 11 is 1.59. The Morgan fingerprint density at radius 2 is 1.66 bits per heavy atom. The number of aryl methyl sites for hydroxylation is 2. The van der Waals surface area contributed by atoms with Gasteiger partial charge in [-0.1, -0.05) is 53.8 Å². The first-order chi connectivity index (χ1) is 14.2. The van der Waals surface area contributed by atoms with Gasteiger partial charge < -0.3 is 4.42 Å². The normalized spacial score (nSPS) is 12.0. The van der Waals surface area contributed by atoms with Crippen LogP contribution in [0.5, 0.6) is 0 Å². The molecular weight excluding hydrogens is 378 g/mol. The van der Waals surface area contributed by atoms with Crippen LogP contribution in [0.4, 0.5) is 5.13 Å². The number of rotatable bonds is 3. The van der Waals surface area contributed by atoms with Crippen LogP contribution in [0.3, 0.4) is 0 Å². The van der Waals surface area contributed by atoms with Crippen molar-refractivity contribution in [3.05, 3.63) is 89.3 Å². The molecule has 0 saturated carbocycles. The fraction of sp³-hybridized carbons (Fsp3) is 0.0833. The van der Waals surface area contributed by atoms with E-state index in [0.717, 1.165) is 43.0 Å². The molecule has 2 heterocycles. The number of fused-ring (bicyclic) bond motifs is 2. The zero-order valence-corrected chi connectivity index (χ0v) is 17.0. The molecule has 0 spiro atoms. The standard InChI is InChI=1S/C24H19N3OS/c1-15-12-18-20(26-27-24-25-19-10-6-7-11-23(19)29-24)14-21(17-8-4-3-5-9-17)28-22(18)13-16(15)2/h3-14H,1-2H3,(H,25,27). The van der Waals surface area contributed by atoms with Crippen LogP contribution in [-0.4, -0.2) is 4.98 Å². The third kappa shape index (κ3) is 3.41. The lowest BCUT2D eigenvalue weighted by Crippen LogP contribution is -2.08. The molecule has 0 unspecified atom stereocenters. The Labute approximate surface area is 172 Å². The first-order valence-corrected chi connectivity index (χ1v) is 10.2. The molecule has 0 aliphatic heterocycles. The molecule has 5 aromatic rings. The smallest absolute Gasteiger partial charge is 0.204 e. The van der Waals surface area contributed by atoms with Gasteiger partial charge in [-0.2, -0.15) is 5.10 Å². The van der Waals surface area contributed by atoms with Crippen molar-refractivity contribution in [3.63, 3.8) is 0 Å². The van der Waals surface area contributed by atoms with E-state index >= 15 is 0 Å². The Bertz CT molecular complexity index is 1370. The molecule has 3 aromatic carbocycles. The molecule has 2 aromatic heterocycles. The number of hydrogen-bond acceptors (Lipinski definition) is 5. The Hall–Kier alpha value is -3.44. The summed E-state index contributed by atoms with van der Waals surface area (Å²) in [4.78, 5) is 4.61. The SMILES string of the molecule is Cc1cc2oc(-c3ccccc3)cc(=NNc3nc4ccccc4s3)c2cc1C. The van der Waals surface area contributed by atoms with E-state index in [0.29, 0.717) is 0 Å². The van der Waals surface area contributed by atoms with E-state index < -0.39 is 0 Å². The lowest BCUT2D eigenvalue weighted by Gasteiger charge is -2.07. The van der Waals surface area contributed by atoms with Gasteiger partial charge in [0.05, 0.1) is 15.6 Å². The van der Waals surface area contributed by atoms with Gasteiger partial charge in [0.2, 0.25) is 5.13 Å². The highest BCUT2D eigenvalue weighted by Crippen LogP contribution is 2.26. The molecule has 0 bridgehead atoms. The summed E-state index contributed by atoms with van der Waals surface area (Å²) in [6, 6.07) is 24.4. The van der Waals surface area contributed by atoms with Crippen LogP contribution in [0.15, 0.2) is 82.3 Å². The maximum atomic E-state index is 6.22. The van der Waals surface area contributed by atoms with E-state index in [9.17, 15) is 0 Å². The summed E-state index contributed by atoms with van der Waals surface area (Å²) in [6.07, 6.45) is 0. The van der Waals surface area contributed by atoms with E-state index in [-0.39, 0.29) is 0 Å². The Kier molecular flexibility index (Phi) is 4.37. The minimum absolute atomic E-state index is 0.769. The molecular formula is C24H19N3OS. The number of aromatic nitrogens is 1. The molecule has 5 rings (SSSR count). The molecule has 5 heteroatoms. The maximum Gasteiger partial charge on any atom is 0.204 e. The van der Waals surface area contributed by atoms with Crippen molar-refractivity contribution in [1.29, 1.82) is 0 Å². The van der Waals surface area contributed by atoms with Crippen LogP contribution in [0.1, 0.15) is 11.1 Å². The molecule has 0 aliphatic rings. The Morgan fingerprint density at radius 1 is 0.897 bits per heavy atom. The second kappa shape index (κ2) is 7.18. The van der Waals surface area contributed by atoms with E-state index in [4.69, 9.17) is 9.52 Å². The molecule has 29 heavy (non-hydrogen) atoms. The quantitative estimate of drug-likeness (QED) is 0.366. The Morgan fingerprint density at radius 3 is 2.48 bits per heavy atom. The summed E-state index contributed by atoms with van der Waals surface area (Å²) in [7, 11) is 0. The predicted molar refractivity (Wildman–Crippen MR) is 120 cm³/mol. The van der Waals surface area contributed by atoms with Crippen molar-refractivity contribution < 1.29 is 4.42 Å². The van der Waals surface area contributed by atoms with Gasteiger partial charge in [0, 0.05) is 17.0 Å². The first kappa shape index (κ1) is 17.6. The summed E-state index contributed by atoms with van der Waals surface area (Å²) < 4.78 is 7.36. The predicted octanol–water partition coefficient (Wildman–Crippen LogP) is 6.25. The fourth-order valence-electron chi connectivity index (χ4n) is 3.29. The average molecular weight is 398 g/mol. The van der Waals surface area contributed by atoms with Gasteiger partial charge in [0.15, 0.2) is 0 Å². The van der Waals surface area contributed by atoms with E-state index in [1.807, 2.05) is 54.6 Å². The number of thiazole rings is 1. The average Bonchev–Trinajstić information content (AvgIpc) is 3.16. The lowest BCUT2D eigenvalue weighted by molar-refractivity contribution is 0.618. The van der Waals surface area contributed by atoms with Crippen LogP contribution in [0.25, 0.3) is 32.5 Å². The number of anilines is 1. The number of nitrogens with one attached hydrogen (secondary N) is 1. The fourth-order valence-corrected chi connectivity index (χ4v) is 4.10. The molecule has 1 N–H and O–H groups in total. The molecule has 0 amide bonds. The molecule has 0 aliphatic carbocycles. The van der Waals surface area contributed by atoms with Crippen LogP contribution in [-0.2, 0) is 0 Å². The topological polar surface area (TPSA) is 50.4 Å². The van der Waals surface area contributed by atoms with Gasteiger partial charge in [0.1, 0.15) is 11.3 Å². The number of hydrogen-bond donors (Lipinski definition) is 1. The van der Waals surface area contributed by atoms with Gasteiger partial charge in [0.25, 0.3) is 0 Å². The van der Waals surface area contributed by atoms with E-state index in [1.54, 1.807) is 11.3 Å². The van der Waals surface area contributed by atoms with Crippen molar-refractivity contribution >= 4 is 37.7 Å². The molecule has 142 valence electrons. The monoisotopic (exact) mass is 397 g/mol. The van der Waals surface area contributed by atoms with Crippen molar-refractivity contribution in [3.8, 4) is 11.3 Å². The van der Waals surface area contributed by atoms with Crippen LogP contribution in [0, 0.1) is 13.8 Å². The Balaban J connectivity index is 1.67. The van der Waals surface area contributed by atoms with Crippen LogP contribution < -0.4 is 10.8 Å². The van der Waals surface area contributed by atoms with Crippen LogP contribution >= 0.6 is 11.3 Å². The summed E-state index contributed by atoms with van der Waals surface area (Å²) in [5.41, 5.74) is 8.35. The van der Waals surface area contributed by atoms with Crippen molar-refractivity contribution in [1.82, 2.24) is 4.98 Å². The maximum absolute atomic E-state index is 6.22. The molecule has 0 radical (unpaired) electrons. The largest absolute Gasteiger partial charge is 0.456 e. The van der Waals surface area contributed by atoms with Crippen molar-refractivity contribution in [2.75, 3.05) is 5.43 Å². The van der Waals surface area contributed by atoms with Crippen molar-refractivity contribution in [2.24, 2.45) is 5.10 Å². The molecule has 0 saturated heterocycles. The first-order valence-electron chi connectivity index (χ1n) is 9.43. The van der Waals surface area contributed by atoms with E-state index in [2.05, 4.69) is 42.5 Å². The highest BCUT2D eigenvalue weighted by Gasteiger charge is 2.08. The molecule has 0 atom stereocenters. The number of para-hydroxylation sites is 1. The van der Waals surface area contributed by atoms with Gasteiger partial charge in [-0.3, -0.25) is 5.43 Å². The minimum Gasteiger partial charge on any atom is -0.456 e. The van der Waals surface area contributed by atoms with Gasteiger partial charge in [-0.05, 0) is 49.2 Å². The zero-order chi connectivity index (χ0) is 19.8. The number of nitrogens with zero attached hydrogens (tertiary/aromatic N) is 2.